The third kappa shape index (κ3) is 4.82. The van der Waals surface area contributed by atoms with Crippen LogP contribution in [0.4, 0.5) is 0 Å². The molecule has 1 unspecified atom stereocenters. The molecule has 0 radical (unpaired) electrons. The highest BCUT2D eigenvalue weighted by Gasteiger charge is 2.28. The molecule has 0 aliphatic carbocycles. The molecule has 2 fully saturated rings. The number of benzene rings is 2. The number of piperazine rings is 1. The summed E-state index contributed by atoms with van der Waals surface area (Å²) in [4.78, 5) is 5.27. The van der Waals surface area contributed by atoms with Crippen molar-refractivity contribution in [2.24, 2.45) is 0 Å². The lowest BCUT2D eigenvalue weighted by Crippen LogP contribution is -2.49. The van der Waals surface area contributed by atoms with Crippen molar-refractivity contribution in [2.75, 3.05) is 46.4 Å². The molecule has 4 nitrogen and oxygen atoms in total. The molecule has 2 saturated heterocycles. The van der Waals surface area contributed by atoms with Crippen molar-refractivity contribution in [3.8, 4) is 16.9 Å². The first kappa shape index (κ1) is 20.2. The quantitative estimate of drug-likeness (QED) is 0.852. The van der Waals surface area contributed by atoms with Gasteiger partial charge in [-0.15, -0.1) is 12.4 Å². The Hall–Kier alpha value is -1.59. The summed E-state index contributed by atoms with van der Waals surface area (Å²) in [6.45, 7) is 8.14. The molecule has 2 aromatic rings. The van der Waals surface area contributed by atoms with Crippen LogP contribution in [0.25, 0.3) is 11.1 Å². The average molecular weight is 388 g/mol. The van der Waals surface area contributed by atoms with Gasteiger partial charge in [-0.2, -0.15) is 0 Å². The Morgan fingerprint density at radius 3 is 2.48 bits per heavy atom. The number of methoxy groups -OCH3 is 1. The van der Waals surface area contributed by atoms with Crippen molar-refractivity contribution >= 4 is 12.4 Å². The summed E-state index contributed by atoms with van der Waals surface area (Å²) in [7, 11) is 1.73. The normalized spacial score (nSPS) is 21.0. The van der Waals surface area contributed by atoms with E-state index in [2.05, 4.69) is 51.5 Å². The van der Waals surface area contributed by atoms with Gasteiger partial charge in [-0.25, -0.2) is 0 Å². The molecule has 146 valence electrons. The van der Waals surface area contributed by atoms with Crippen molar-refractivity contribution < 1.29 is 4.74 Å². The molecule has 0 aromatic heterocycles. The minimum Gasteiger partial charge on any atom is -0.496 e. The Morgan fingerprint density at radius 2 is 1.74 bits per heavy atom. The van der Waals surface area contributed by atoms with Crippen LogP contribution in [0.3, 0.4) is 0 Å². The van der Waals surface area contributed by atoms with Crippen molar-refractivity contribution in [1.29, 1.82) is 0 Å². The van der Waals surface area contributed by atoms with Crippen LogP contribution in [-0.4, -0.2) is 62.2 Å². The SMILES string of the molecule is COc1ccccc1-c1ccc(CN2CCC(N3CCNCC3)C2)cc1.Cl. The van der Waals surface area contributed by atoms with Gasteiger partial charge in [0.2, 0.25) is 0 Å². The highest BCUT2D eigenvalue weighted by atomic mass is 35.5. The largest absolute Gasteiger partial charge is 0.496 e. The number of hydrogen-bond donors (Lipinski definition) is 1. The highest BCUT2D eigenvalue weighted by molar-refractivity contribution is 5.85. The van der Waals surface area contributed by atoms with E-state index < -0.39 is 0 Å². The van der Waals surface area contributed by atoms with Gasteiger partial charge in [0, 0.05) is 57.4 Å². The monoisotopic (exact) mass is 387 g/mol. The van der Waals surface area contributed by atoms with Crippen LogP contribution >= 0.6 is 12.4 Å². The Labute approximate surface area is 168 Å². The molecule has 2 aliphatic rings. The van der Waals surface area contributed by atoms with E-state index in [0.29, 0.717) is 0 Å². The molecule has 5 heteroatoms. The van der Waals surface area contributed by atoms with Crippen LogP contribution in [0.2, 0.25) is 0 Å². The summed E-state index contributed by atoms with van der Waals surface area (Å²) in [5.74, 6) is 0.929. The van der Waals surface area contributed by atoms with Crippen LogP contribution in [-0.2, 0) is 6.54 Å². The second-order valence-corrected chi connectivity index (χ2v) is 7.36. The molecule has 1 N–H and O–H groups in total. The van der Waals surface area contributed by atoms with Crippen LogP contribution < -0.4 is 10.1 Å². The summed E-state index contributed by atoms with van der Waals surface area (Å²) in [5.41, 5.74) is 3.76. The van der Waals surface area contributed by atoms with E-state index in [1.807, 2.05) is 12.1 Å². The number of halogens is 1. The highest BCUT2D eigenvalue weighted by Crippen LogP contribution is 2.30. The predicted molar refractivity (Wildman–Crippen MR) is 114 cm³/mol. The van der Waals surface area contributed by atoms with Gasteiger partial charge in [0.15, 0.2) is 0 Å². The van der Waals surface area contributed by atoms with E-state index in [1.54, 1.807) is 7.11 Å². The smallest absolute Gasteiger partial charge is 0.126 e. The number of likely N-dealkylation sites (tertiary alicyclic amines) is 1. The first-order chi connectivity index (χ1) is 12.8. The van der Waals surface area contributed by atoms with Crippen LogP contribution in [0.1, 0.15) is 12.0 Å². The summed E-state index contributed by atoms with van der Waals surface area (Å²) >= 11 is 0. The number of rotatable bonds is 5. The van der Waals surface area contributed by atoms with Gasteiger partial charge in [-0.1, -0.05) is 42.5 Å². The summed E-state index contributed by atoms with van der Waals surface area (Å²) in [6.07, 6.45) is 1.30. The van der Waals surface area contributed by atoms with Gasteiger partial charge in [-0.3, -0.25) is 9.80 Å². The zero-order valence-corrected chi connectivity index (χ0v) is 16.9. The Bertz CT molecular complexity index is 716. The van der Waals surface area contributed by atoms with Gasteiger partial charge in [0.25, 0.3) is 0 Å². The van der Waals surface area contributed by atoms with Gasteiger partial charge >= 0.3 is 0 Å². The minimum absolute atomic E-state index is 0. The molecule has 4 rings (SSSR count). The lowest BCUT2D eigenvalue weighted by atomic mass is 10.0. The van der Waals surface area contributed by atoms with Crippen molar-refractivity contribution in [3.05, 3.63) is 54.1 Å². The Kier molecular flexibility index (Phi) is 7.13. The maximum Gasteiger partial charge on any atom is 0.126 e. The molecule has 2 heterocycles. The maximum atomic E-state index is 5.49. The average Bonchev–Trinajstić information content (AvgIpc) is 3.18. The summed E-state index contributed by atoms with van der Waals surface area (Å²) in [6, 6.07) is 17.9. The standard InChI is InChI=1S/C22H29N3O.ClH/c1-26-22-5-3-2-4-21(22)19-8-6-18(7-9-19)16-24-13-10-20(17-24)25-14-11-23-12-15-25;/h2-9,20,23H,10-17H2,1H3;1H. The molecule has 2 aromatic carbocycles. The second-order valence-electron chi connectivity index (χ2n) is 7.36. The molecule has 0 saturated carbocycles. The lowest BCUT2D eigenvalue weighted by Gasteiger charge is -2.32. The fraction of sp³-hybridized carbons (Fsp3) is 0.455. The van der Waals surface area contributed by atoms with Crippen LogP contribution in [0.5, 0.6) is 5.75 Å². The van der Waals surface area contributed by atoms with E-state index in [9.17, 15) is 0 Å². The van der Waals surface area contributed by atoms with Crippen molar-refractivity contribution in [3.63, 3.8) is 0 Å². The van der Waals surface area contributed by atoms with E-state index in [-0.39, 0.29) is 12.4 Å². The number of hydrogen-bond acceptors (Lipinski definition) is 4. The maximum absolute atomic E-state index is 5.49. The fourth-order valence-electron chi connectivity index (χ4n) is 4.23. The van der Waals surface area contributed by atoms with Gasteiger partial charge in [0.05, 0.1) is 7.11 Å². The predicted octanol–water partition coefficient (Wildman–Crippen LogP) is 3.26. The lowest BCUT2D eigenvalue weighted by molar-refractivity contribution is 0.170. The molecular weight excluding hydrogens is 358 g/mol. The first-order valence-corrected chi connectivity index (χ1v) is 9.73. The van der Waals surface area contributed by atoms with E-state index in [4.69, 9.17) is 4.74 Å². The fourth-order valence-corrected chi connectivity index (χ4v) is 4.23. The van der Waals surface area contributed by atoms with E-state index in [1.165, 1.54) is 43.7 Å². The molecular formula is C22H30ClN3O. The molecule has 0 bridgehead atoms. The van der Waals surface area contributed by atoms with E-state index in [0.717, 1.165) is 37.0 Å². The number of nitrogens with one attached hydrogen (secondary N) is 1. The number of ether oxygens (including phenoxy) is 1. The summed E-state index contributed by atoms with van der Waals surface area (Å²) in [5, 5.41) is 3.45. The third-order valence-electron chi connectivity index (χ3n) is 5.69. The van der Waals surface area contributed by atoms with Crippen molar-refractivity contribution in [1.82, 2.24) is 15.1 Å². The minimum atomic E-state index is 0. The molecule has 1 atom stereocenters. The Morgan fingerprint density at radius 1 is 1.00 bits per heavy atom. The van der Waals surface area contributed by atoms with Crippen LogP contribution in [0, 0.1) is 0 Å². The van der Waals surface area contributed by atoms with Gasteiger partial charge < -0.3 is 10.1 Å². The zero-order valence-electron chi connectivity index (χ0n) is 16.1. The summed E-state index contributed by atoms with van der Waals surface area (Å²) < 4.78 is 5.49. The van der Waals surface area contributed by atoms with E-state index >= 15 is 0 Å². The van der Waals surface area contributed by atoms with Crippen LogP contribution in [0.15, 0.2) is 48.5 Å². The third-order valence-corrected chi connectivity index (χ3v) is 5.69. The first-order valence-electron chi connectivity index (χ1n) is 9.73. The number of para-hydroxylation sites is 1. The topological polar surface area (TPSA) is 27.7 Å². The van der Waals surface area contributed by atoms with Gasteiger partial charge in [-0.05, 0) is 23.6 Å². The molecule has 0 spiro atoms. The zero-order chi connectivity index (χ0) is 17.8. The van der Waals surface area contributed by atoms with Gasteiger partial charge in [0.1, 0.15) is 5.75 Å². The van der Waals surface area contributed by atoms with Crippen molar-refractivity contribution in [2.45, 2.75) is 19.0 Å². The molecule has 27 heavy (non-hydrogen) atoms. The molecule has 2 aliphatic heterocycles. The Balaban J connectivity index is 0.00000210. The molecule has 0 amide bonds. The second kappa shape index (κ2) is 9.56. The number of nitrogens with zero attached hydrogens (tertiary/aromatic N) is 2.